The number of aryl methyl sites for hydroxylation is 2. The normalized spacial score (nSPS) is 10.9. The highest BCUT2D eigenvalue weighted by atomic mass is 35.5. The SMILES string of the molecule is CCCCCc1ccc(C(=O)NCc2nnc(SCc3cccc(OC)c3)n2-c2cc(Cl)ccc2C)cc1. The van der Waals surface area contributed by atoms with Gasteiger partial charge in [-0.1, -0.05) is 73.5 Å². The lowest BCUT2D eigenvalue weighted by Crippen LogP contribution is -2.24. The highest BCUT2D eigenvalue weighted by Gasteiger charge is 2.18. The maximum atomic E-state index is 12.9. The summed E-state index contributed by atoms with van der Waals surface area (Å²) in [5.74, 6) is 1.99. The minimum atomic E-state index is -0.145. The molecule has 0 aliphatic heterocycles. The number of hydrogen-bond acceptors (Lipinski definition) is 5. The second-order valence-electron chi connectivity index (χ2n) is 9.14. The summed E-state index contributed by atoms with van der Waals surface area (Å²) >= 11 is 7.93. The van der Waals surface area contributed by atoms with Gasteiger partial charge in [0.05, 0.1) is 19.3 Å². The number of carbonyl (C=O) groups excluding carboxylic acids is 1. The molecule has 0 aliphatic rings. The molecule has 1 N–H and O–H groups in total. The van der Waals surface area contributed by atoms with Crippen molar-refractivity contribution in [3.05, 3.63) is 99.8 Å². The van der Waals surface area contributed by atoms with Crippen molar-refractivity contribution < 1.29 is 9.53 Å². The number of thioether (sulfide) groups is 1. The third-order valence-corrected chi connectivity index (χ3v) is 7.54. The van der Waals surface area contributed by atoms with Crippen molar-refractivity contribution in [2.24, 2.45) is 0 Å². The van der Waals surface area contributed by atoms with Gasteiger partial charge in [0.15, 0.2) is 11.0 Å². The molecule has 0 aliphatic carbocycles. The van der Waals surface area contributed by atoms with Gasteiger partial charge in [-0.25, -0.2) is 0 Å². The van der Waals surface area contributed by atoms with Gasteiger partial charge < -0.3 is 10.1 Å². The van der Waals surface area contributed by atoms with Gasteiger partial charge in [-0.3, -0.25) is 9.36 Å². The zero-order valence-electron chi connectivity index (χ0n) is 22.0. The number of carbonyl (C=O) groups is 1. The first-order valence-corrected chi connectivity index (χ1v) is 14.2. The van der Waals surface area contributed by atoms with Gasteiger partial charge >= 0.3 is 0 Å². The van der Waals surface area contributed by atoms with Crippen LogP contribution in [0.4, 0.5) is 0 Å². The van der Waals surface area contributed by atoms with E-state index in [1.807, 2.05) is 72.2 Å². The lowest BCUT2D eigenvalue weighted by atomic mass is 10.1. The largest absolute Gasteiger partial charge is 0.497 e. The Labute approximate surface area is 233 Å². The Hall–Kier alpha value is -3.29. The minimum absolute atomic E-state index is 0.145. The average molecular weight is 549 g/mol. The molecule has 3 aromatic carbocycles. The van der Waals surface area contributed by atoms with E-state index in [4.69, 9.17) is 16.3 Å². The molecule has 0 unspecified atom stereocenters. The lowest BCUT2D eigenvalue weighted by Gasteiger charge is -2.14. The molecule has 38 heavy (non-hydrogen) atoms. The standard InChI is InChI=1S/C30H33ClN4O2S/c1-4-5-6-8-22-12-14-24(15-13-22)29(36)32-19-28-33-34-30(35(28)27-18-25(31)16-11-21(27)2)38-20-23-9-7-10-26(17-23)37-3/h7,9-18H,4-6,8,19-20H2,1-3H3,(H,32,36). The van der Waals surface area contributed by atoms with Gasteiger partial charge in [0, 0.05) is 16.3 Å². The molecule has 0 radical (unpaired) electrons. The number of benzene rings is 3. The first-order chi connectivity index (χ1) is 18.5. The number of amides is 1. The number of halogens is 1. The predicted molar refractivity (Wildman–Crippen MR) is 155 cm³/mol. The van der Waals surface area contributed by atoms with Crippen LogP contribution >= 0.6 is 23.4 Å². The van der Waals surface area contributed by atoms with Crippen LogP contribution in [0.1, 0.15) is 59.1 Å². The molecule has 8 heteroatoms. The van der Waals surface area contributed by atoms with Crippen LogP contribution < -0.4 is 10.1 Å². The van der Waals surface area contributed by atoms with Crippen LogP contribution in [-0.4, -0.2) is 27.8 Å². The molecular formula is C30H33ClN4O2S. The monoisotopic (exact) mass is 548 g/mol. The average Bonchev–Trinajstić information content (AvgIpc) is 3.35. The maximum absolute atomic E-state index is 12.9. The Morgan fingerprint density at radius 2 is 1.84 bits per heavy atom. The van der Waals surface area contributed by atoms with Gasteiger partial charge in [-0.15, -0.1) is 10.2 Å². The molecule has 0 bridgehead atoms. The maximum Gasteiger partial charge on any atom is 0.251 e. The van der Waals surface area contributed by atoms with Crippen molar-refractivity contribution in [3.8, 4) is 11.4 Å². The lowest BCUT2D eigenvalue weighted by molar-refractivity contribution is 0.0949. The van der Waals surface area contributed by atoms with E-state index in [9.17, 15) is 4.79 Å². The van der Waals surface area contributed by atoms with Gasteiger partial charge in [0.2, 0.25) is 0 Å². The summed E-state index contributed by atoms with van der Waals surface area (Å²) in [6.45, 7) is 4.45. The smallest absolute Gasteiger partial charge is 0.251 e. The van der Waals surface area contributed by atoms with Crippen LogP contribution in [-0.2, 0) is 18.7 Å². The Kier molecular flexibility index (Phi) is 9.85. The summed E-state index contributed by atoms with van der Waals surface area (Å²) in [5.41, 5.74) is 4.91. The van der Waals surface area contributed by atoms with Gasteiger partial charge in [-0.2, -0.15) is 0 Å². The van der Waals surface area contributed by atoms with Crippen molar-refractivity contribution in [1.82, 2.24) is 20.1 Å². The van der Waals surface area contributed by atoms with E-state index in [0.29, 0.717) is 22.2 Å². The summed E-state index contributed by atoms with van der Waals surface area (Å²) in [4.78, 5) is 12.9. The fraction of sp³-hybridized carbons (Fsp3) is 0.300. The summed E-state index contributed by atoms with van der Waals surface area (Å²) in [5, 5.41) is 13.3. The summed E-state index contributed by atoms with van der Waals surface area (Å²) in [6.07, 6.45) is 4.61. The molecule has 0 saturated carbocycles. The molecule has 4 aromatic rings. The van der Waals surface area contributed by atoms with Crippen molar-refractivity contribution >= 4 is 29.3 Å². The van der Waals surface area contributed by atoms with Crippen molar-refractivity contribution in [1.29, 1.82) is 0 Å². The van der Waals surface area contributed by atoms with E-state index in [1.54, 1.807) is 18.9 Å². The highest BCUT2D eigenvalue weighted by molar-refractivity contribution is 7.98. The number of nitrogens with one attached hydrogen (secondary N) is 1. The van der Waals surface area contributed by atoms with E-state index < -0.39 is 0 Å². The molecule has 0 spiro atoms. The second kappa shape index (κ2) is 13.5. The quantitative estimate of drug-likeness (QED) is 0.150. The fourth-order valence-corrected chi connectivity index (χ4v) is 5.22. The fourth-order valence-electron chi connectivity index (χ4n) is 4.15. The zero-order chi connectivity index (χ0) is 26.9. The van der Waals surface area contributed by atoms with E-state index in [-0.39, 0.29) is 12.5 Å². The third kappa shape index (κ3) is 7.17. The Balaban J connectivity index is 1.52. The summed E-state index contributed by atoms with van der Waals surface area (Å²) in [7, 11) is 1.66. The van der Waals surface area contributed by atoms with Crippen molar-refractivity contribution in [3.63, 3.8) is 0 Å². The summed E-state index contributed by atoms with van der Waals surface area (Å²) < 4.78 is 7.33. The number of methoxy groups -OCH3 is 1. The Bertz CT molecular complexity index is 1370. The number of aromatic nitrogens is 3. The van der Waals surface area contributed by atoms with Crippen LogP contribution in [0.15, 0.2) is 71.9 Å². The molecule has 198 valence electrons. The topological polar surface area (TPSA) is 69.0 Å². The van der Waals surface area contributed by atoms with Gasteiger partial charge in [-0.05, 0) is 72.9 Å². The van der Waals surface area contributed by atoms with Crippen LogP contribution in [0, 0.1) is 6.92 Å². The molecule has 0 saturated heterocycles. The summed E-state index contributed by atoms with van der Waals surface area (Å²) in [6, 6.07) is 21.5. The van der Waals surface area contributed by atoms with E-state index in [0.717, 1.165) is 34.1 Å². The number of ether oxygens (including phenoxy) is 1. The van der Waals surface area contributed by atoms with Crippen LogP contribution in [0.3, 0.4) is 0 Å². The van der Waals surface area contributed by atoms with E-state index in [1.165, 1.54) is 24.8 Å². The molecule has 0 fully saturated rings. The minimum Gasteiger partial charge on any atom is -0.497 e. The Morgan fingerprint density at radius 1 is 1.03 bits per heavy atom. The van der Waals surface area contributed by atoms with Crippen LogP contribution in [0.2, 0.25) is 5.02 Å². The molecule has 0 atom stereocenters. The highest BCUT2D eigenvalue weighted by Crippen LogP contribution is 2.29. The van der Waals surface area contributed by atoms with Gasteiger partial charge in [0.25, 0.3) is 5.91 Å². The zero-order valence-corrected chi connectivity index (χ0v) is 23.6. The van der Waals surface area contributed by atoms with E-state index >= 15 is 0 Å². The molecule has 1 heterocycles. The van der Waals surface area contributed by atoms with Crippen molar-refractivity contribution in [2.45, 2.75) is 57.0 Å². The first-order valence-electron chi connectivity index (χ1n) is 12.8. The van der Waals surface area contributed by atoms with Crippen LogP contribution in [0.5, 0.6) is 5.75 Å². The number of unbranched alkanes of at least 4 members (excludes halogenated alkanes) is 2. The molecular weight excluding hydrogens is 516 g/mol. The number of hydrogen-bond donors (Lipinski definition) is 1. The molecule has 6 nitrogen and oxygen atoms in total. The first kappa shape index (κ1) is 27.7. The second-order valence-corrected chi connectivity index (χ2v) is 10.5. The molecule has 1 aromatic heterocycles. The van der Waals surface area contributed by atoms with Crippen molar-refractivity contribution in [2.75, 3.05) is 7.11 Å². The third-order valence-electron chi connectivity index (χ3n) is 6.31. The van der Waals surface area contributed by atoms with E-state index in [2.05, 4.69) is 28.5 Å². The number of rotatable bonds is 12. The predicted octanol–water partition coefficient (Wildman–Crippen LogP) is 7.19. The number of nitrogens with zero attached hydrogens (tertiary/aromatic N) is 3. The van der Waals surface area contributed by atoms with Gasteiger partial charge in [0.1, 0.15) is 5.75 Å². The molecule has 4 rings (SSSR count). The van der Waals surface area contributed by atoms with Crippen LogP contribution in [0.25, 0.3) is 5.69 Å². The molecule has 1 amide bonds. The Morgan fingerprint density at radius 3 is 2.61 bits per heavy atom.